The quantitative estimate of drug-likeness (QED) is 0.115. The average molecular weight is 571 g/mol. The molecule has 5 rings (SSSR count). The van der Waals surface area contributed by atoms with Crippen LogP contribution in [0, 0.1) is 0 Å². The van der Waals surface area contributed by atoms with E-state index in [0.29, 0.717) is 11.2 Å². The number of aromatic amines is 1. The highest BCUT2D eigenvalue weighted by molar-refractivity contribution is 7.53. The Labute approximate surface area is 220 Å². The van der Waals surface area contributed by atoms with E-state index in [2.05, 4.69) is 41.0 Å². The first-order valence-electron chi connectivity index (χ1n) is 12.3. The van der Waals surface area contributed by atoms with Crippen LogP contribution in [-0.2, 0) is 27.1 Å². The molecule has 1 saturated carbocycles. The van der Waals surface area contributed by atoms with E-state index in [1.54, 1.807) is 0 Å². The molecule has 1 aliphatic carbocycles. The number of hydrogen-bond donors (Lipinski definition) is 8. The van der Waals surface area contributed by atoms with Gasteiger partial charge in [0, 0.05) is 6.04 Å². The Hall–Kier alpha value is -2.67. The van der Waals surface area contributed by atoms with E-state index >= 15 is 0 Å². The summed E-state index contributed by atoms with van der Waals surface area (Å²) in [6.45, 7) is -2.18. The molecule has 214 valence electrons. The van der Waals surface area contributed by atoms with Crippen LogP contribution in [0.4, 0.5) is 5.82 Å². The third-order valence-corrected chi connectivity index (χ3v) is 8.52. The molecule has 0 radical (unpaired) electrons. The Morgan fingerprint density at radius 3 is 2.59 bits per heavy atom. The Morgan fingerprint density at radius 1 is 1.18 bits per heavy atom. The molecule has 0 unspecified atom stereocenters. The Kier molecular flexibility index (Phi) is 7.91. The van der Waals surface area contributed by atoms with Crippen LogP contribution < -0.4 is 5.32 Å². The summed E-state index contributed by atoms with van der Waals surface area (Å²) in [6, 6.07) is 0.211. The van der Waals surface area contributed by atoms with Crippen LogP contribution in [0.2, 0.25) is 0 Å². The van der Waals surface area contributed by atoms with E-state index in [0.717, 1.165) is 25.7 Å². The predicted octanol–water partition coefficient (Wildman–Crippen LogP) is -2.07. The van der Waals surface area contributed by atoms with Crippen LogP contribution in [0.5, 0.6) is 0 Å². The summed E-state index contributed by atoms with van der Waals surface area (Å²) in [5, 5.41) is 59.6. The highest BCUT2D eigenvalue weighted by atomic mass is 31.2. The molecule has 3 aromatic heterocycles. The number of hydrogen-bond acceptors (Lipinski definition) is 14. The number of aliphatic hydroxyl groups is 4. The number of rotatable bonds is 11. The van der Waals surface area contributed by atoms with Gasteiger partial charge in [-0.3, -0.25) is 4.57 Å². The van der Waals surface area contributed by atoms with Crippen molar-refractivity contribution in [2.75, 3.05) is 18.5 Å². The van der Waals surface area contributed by atoms with Gasteiger partial charge in [-0.05, 0) is 12.8 Å². The van der Waals surface area contributed by atoms with Gasteiger partial charge in [0.15, 0.2) is 28.9 Å². The van der Waals surface area contributed by atoms with Crippen LogP contribution in [0.25, 0.3) is 11.0 Å². The third kappa shape index (κ3) is 5.39. The van der Waals surface area contributed by atoms with Crippen molar-refractivity contribution < 1.29 is 44.3 Å². The summed E-state index contributed by atoms with van der Waals surface area (Å²) >= 11 is 0. The summed E-state index contributed by atoms with van der Waals surface area (Å²) in [5.41, 5.74) is 0.240. The van der Waals surface area contributed by atoms with Gasteiger partial charge in [0.1, 0.15) is 30.7 Å². The lowest BCUT2D eigenvalue weighted by Gasteiger charge is -2.32. The van der Waals surface area contributed by atoms with Crippen LogP contribution in [0.1, 0.15) is 43.6 Å². The number of tetrazole rings is 1. The second-order valence-electron chi connectivity index (χ2n) is 9.61. The number of aromatic nitrogens is 8. The molecule has 1 saturated heterocycles. The lowest BCUT2D eigenvalue weighted by molar-refractivity contribution is -0.109. The fourth-order valence-electron chi connectivity index (χ4n) is 4.84. The van der Waals surface area contributed by atoms with E-state index in [1.807, 2.05) is 0 Å². The fraction of sp³-hybridized carbons (Fsp3) is 0.700. The van der Waals surface area contributed by atoms with Crippen molar-refractivity contribution >= 4 is 24.4 Å². The number of aliphatic hydroxyl groups excluding tert-OH is 4. The second kappa shape index (κ2) is 11.1. The molecule has 5 atom stereocenters. The second-order valence-corrected chi connectivity index (χ2v) is 11.5. The Bertz CT molecular complexity index is 1320. The number of ether oxygens (including phenoxy) is 2. The largest absolute Gasteiger partial charge is 0.393 e. The summed E-state index contributed by atoms with van der Waals surface area (Å²) in [7, 11) is -5.12. The SMILES string of the molecule is O=P(O)(O)[C@](CO)(Cc1nn[nH]n1)OC[C@H]1O[C@@H](n2ncc3c(NC4CCCC4)nc(CO)nc32)[C@H](O)[C@@H]1O. The molecule has 8 N–H and O–H groups in total. The maximum atomic E-state index is 12.3. The molecule has 18 nitrogen and oxygen atoms in total. The van der Waals surface area contributed by atoms with Crippen molar-refractivity contribution in [3.8, 4) is 0 Å². The van der Waals surface area contributed by atoms with Gasteiger partial charge in [0.05, 0.1) is 31.2 Å². The number of fused-ring (bicyclic) bond motifs is 1. The molecule has 39 heavy (non-hydrogen) atoms. The zero-order valence-electron chi connectivity index (χ0n) is 20.6. The smallest absolute Gasteiger partial charge is 0.359 e. The molecule has 4 heterocycles. The Morgan fingerprint density at radius 2 is 1.95 bits per heavy atom. The Balaban J connectivity index is 1.38. The van der Waals surface area contributed by atoms with Gasteiger partial charge in [-0.2, -0.15) is 10.3 Å². The van der Waals surface area contributed by atoms with Crippen LogP contribution in [0.15, 0.2) is 6.20 Å². The van der Waals surface area contributed by atoms with E-state index in [9.17, 15) is 34.8 Å². The fourth-order valence-corrected chi connectivity index (χ4v) is 5.62. The van der Waals surface area contributed by atoms with Crippen molar-refractivity contribution in [1.29, 1.82) is 0 Å². The topological polar surface area (TPSA) is 267 Å². The number of H-pyrrole nitrogens is 1. The molecule has 0 spiro atoms. The maximum Gasteiger partial charge on any atom is 0.359 e. The van der Waals surface area contributed by atoms with Crippen molar-refractivity contribution in [3.05, 3.63) is 17.8 Å². The summed E-state index contributed by atoms with van der Waals surface area (Å²) in [6.07, 6.45) is -0.599. The molecule has 1 aliphatic heterocycles. The highest BCUT2D eigenvalue weighted by Gasteiger charge is 2.52. The van der Waals surface area contributed by atoms with Gasteiger partial charge in [-0.25, -0.2) is 14.6 Å². The lowest BCUT2D eigenvalue weighted by atomic mass is 10.1. The normalized spacial score (nSPS) is 25.9. The highest BCUT2D eigenvalue weighted by Crippen LogP contribution is 2.53. The van der Waals surface area contributed by atoms with E-state index < -0.39 is 63.7 Å². The first-order chi connectivity index (χ1) is 18.7. The van der Waals surface area contributed by atoms with Gasteiger partial charge in [-0.15, -0.1) is 10.2 Å². The predicted molar refractivity (Wildman–Crippen MR) is 129 cm³/mol. The minimum atomic E-state index is -5.12. The van der Waals surface area contributed by atoms with Gasteiger partial charge >= 0.3 is 7.60 Å². The zero-order valence-corrected chi connectivity index (χ0v) is 21.5. The standard InChI is InChI=1S/C20H30N9O9P/c30-7-14-23-17(22-10-3-1-2-4-10)11-6-21-29(18(11)24-14)19-16(33)15(32)12(38-19)8-37-20(9-31,39(34,35)36)5-13-25-27-28-26-13/h6,10,12,15-16,19,30-33H,1-5,7-9H2,(H,22,23,24)(H2,34,35,36)(H,25,26,27,28)/t12-,15-,16-,19-,20+/m1/s1. The molecular weight excluding hydrogens is 541 g/mol. The molecular formula is C20H30N9O9P. The van der Waals surface area contributed by atoms with Crippen LogP contribution in [0.3, 0.4) is 0 Å². The molecule has 3 aromatic rings. The summed E-state index contributed by atoms with van der Waals surface area (Å²) < 4.78 is 24.8. The lowest BCUT2D eigenvalue weighted by Crippen LogP contribution is -2.43. The van der Waals surface area contributed by atoms with Crippen LogP contribution in [-0.4, -0.2) is 113 Å². The summed E-state index contributed by atoms with van der Waals surface area (Å²) in [5.74, 6) is 0.474. The number of nitrogens with zero attached hydrogens (tertiary/aromatic N) is 7. The third-order valence-electron chi connectivity index (χ3n) is 7.03. The minimum Gasteiger partial charge on any atom is -0.393 e. The van der Waals surface area contributed by atoms with Gasteiger partial charge < -0.3 is 45.0 Å². The minimum absolute atomic E-state index is 0.119. The molecule has 2 fully saturated rings. The van der Waals surface area contributed by atoms with Gasteiger partial charge in [0.25, 0.3) is 0 Å². The molecule has 0 amide bonds. The number of nitrogens with one attached hydrogen (secondary N) is 2. The molecule has 19 heteroatoms. The summed E-state index contributed by atoms with van der Waals surface area (Å²) in [4.78, 5) is 28.6. The van der Waals surface area contributed by atoms with Crippen molar-refractivity contribution in [2.24, 2.45) is 0 Å². The molecule has 2 aliphatic rings. The van der Waals surface area contributed by atoms with Crippen LogP contribution >= 0.6 is 7.60 Å². The van der Waals surface area contributed by atoms with E-state index in [4.69, 9.17) is 9.47 Å². The monoisotopic (exact) mass is 571 g/mol. The van der Waals surface area contributed by atoms with Gasteiger partial charge in [0.2, 0.25) is 0 Å². The zero-order chi connectivity index (χ0) is 27.8. The van der Waals surface area contributed by atoms with Crippen molar-refractivity contribution in [1.82, 2.24) is 40.4 Å². The van der Waals surface area contributed by atoms with E-state index in [-0.39, 0.29) is 23.3 Å². The average Bonchev–Trinajstić information content (AvgIpc) is 3.71. The van der Waals surface area contributed by atoms with E-state index in [1.165, 1.54) is 10.9 Å². The van der Waals surface area contributed by atoms with Gasteiger partial charge in [-0.1, -0.05) is 18.1 Å². The molecule has 0 bridgehead atoms. The van der Waals surface area contributed by atoms with Crippen molar-refractivity contribution in [2.45, 2.75) is 74.6 Å². The first kappa shape index (κ1) is 27.9. The molecule has 0 aromatic carbocycles. The first-order valence-corrected chi connectivity index (χ1v) is 13.9. The van der Waals surface area contributed by atoms with Crippen molar-refractivity contribution in [3.63, 3.8) is 0 Å². The number of anilines is 1. The maximum absolute atomic E-state index is 12.3.